The Morgan fingerprint density at radius 2 is 1.72 bits per heavy atom. The zero-order valence-electron chi connectivity index (χ0n) is 20.8. The van der Waals surface area contributed by atoms with Gasteiger partial charge in [0.15, 0.2) is 11.5 Å². The van der Waals surface area contributed by atoms with Crippen molar-refractivity contribution in [2.24, 2.45) is 0 Å². The smallest absolute Gasteiger partial charge is 0.387 e. The fourth-order valence-corrected chi connectivity index (χ4v) is 4.49. The van der Waals surface area contributed by atoms with Crippen LogP contribution in [0.3, 0.4) is 0 Å². The molecule has 36 heavy (non-hydrogen) atoms. The second-order valence-electron chi connectivity index (χ2n) is 8.44. The molecule has 0 aliphatic rings. The van der Waals surface area contributed by atoms with Crippen LogP contribution in [0.25, 0.3) is 11.1 Å². The Balaban J connectivity index is 1.95. The maximum atomic E-state index is 13.0. The molecule has 0 saturated carbocycles. The molecule has 3 rings (SSSR count). The molecule has 1 aromatic heterocycles. The number of esters is 1. The van der Waals surface area contributed by atoms with E-state index in [0.717, 1.165) is 12.0 Å². The van der Waals surface area contributed by atoms with Gasteiger partial charge in [-0.2, -0.15) is 8.78 Å². The molecule has 1 N–H and O–H groups in total. The molecule has 0 aliphatic heterocycles. The SMILES string of the molecule is CCC(C)c1ccc(-c2csc(NC(=O)c3ccc(OC(F)F)c(OC)c3)c2C(=O)OC(C)C)cc1. The fraction of sp³-hybridized carbons (Fsp3) is 0.333. The quantitative estimate of drug-likeness (QED) is 0.285. The zero-order chi connectivity index (χ0) is 26.4. The molecule has 1 heterocycles. The van der Waals surface area contributed by atoms with Crippen LogP contribution in [0.4, 0.5) is 13.8 Å². The van der Waals surface area contributed by atoms with Crippen molar-refractivity contribution in [1.29, 1.82) is 0 Å². The normalized spacial score (nSPS) is 11.9. The molecular weight excluding hydrogens is 488 g/mol. The van der Waals surface area contributed by atoms with Crippen LogP contribution in [0, 0.1) is 0 Å². The lowest BCUT2D eigenvalue weighted by atomic mass is 9.95. The van der Waals surface area contributed by atoms with Gasteiger partial charge in [0, 0.05) is 16.5 Å². The molecule has 0 fully saturated rings. The molecule has 192 valence electrons. The number of ether oxygens (including phenoxy) is 3. The summed E-state index contributed by atoms with van der Waals surface area (Å²) in [6.07, 6.45) is 0.660. The van der Waals surface area contributed by atoms with Crippen molar-refractivity contribution < 1.29 is 32.6 Å². The highest BCUT2D eigenvalue weighted by Crippen LogP contribution is 2.38. The van der Waals surface area contributed by atoms with Gasteiger partial charge in [-0.15, -0.1) is 11.3 Å². The predicted octanol–water partition coefficient (Wildman–Crippen LogP) is 7.36. The number of hydrogen-bond acceptors (Lipinski definition) is 6. The number of carbonyl (C=O) groups excluding carboxylic acids is 2. The molecule has 1 atom stereocenters. The van der Waals surface area contributed by atoms with E-state index >= 15 is 0 Å². The Kier molecular flexibility index (Phi) is 9.03. The van der Waals surface area contributed by atoms with Crippen molar-refractivity contribution in [3.05, 3.63) is 64.5 Å². The molecule has 0 bridgehead atoms. The molecular formula is C27H29F2NO5S. The van der Waals surface area contributed by atoms with Gasteiger partial charge in [-0.1, -0.05) is 38.1 Å². The van der Waals surface area contributed by atoms with Crippen LogP contribution in [-0.4, -0.2) is 31.7 Å². The van der Waals surface area contributed by atoms with Gasteiger partial charge in [0.25, 0.3) is 5.91 Å². The monoisotopic (exact) mass is 517 g/mol. The van der Waals surface area contributed by atoms with Gasteiger partial charge >= 0.3 is 12.6 Å². The Hall–Kier alpha value is -3.46. The summed E-state index contributed by atoms with van der Waals surface area (Å²) < 4.78 is 40.2. The topological polar surface area (TPSA) is 73.9 Å². The summed E-state index contributed by atoms with van der Waals surface area (Å²) in [5.41, 5.74) is 3.07. The fourth-order valence-electron chi connectivity index (χ4n) is 3.54. The van der Waals surface area contributed by atoms with Gasteiger partial charge in [-0.25, -0.2) is 4.79 Å². The van der Waals surface area contributed by atoms with Gasteiger partial charge in [-0.3, -0.25) is 4.79 Å². The maximum absolute atomic E-state index is 13.0. The van der Waals surface area contributed by atoms with Crippen LogP contribution in [0.5, 0.6) is 11.5 Å². The Bertz CT molecular complexity index is 1210. The minimum atomic E-state index is -3.03. The second-order valence-corrected chi connectivity index (χ2v) is 9.32. The highest BCUT2D eigenvalue weighted by atomic mass is 32.1. The van der Waals surface area contributed by atoms with E-state index in [-0.39, 0.29) is 28.7 Å². The van der Waals surface area contributed by atoms with Crippen LogP contribution < -0.4 is 14.8 Å². The first-order valence-electron chi connectivity index (χ1n) is 11.5. The standard InChI is InChI=1S/C27H29F2NO5S/c1-6-16(4)17-7-9-18(10-8-17)20-14-36-25(23(20)26(32)34-15(2)3)30-24(31)19-11-12-21(35-27(28)29)22(13-19)33-5/h7-16,27H,6H2,1-5H3,(H,30,31). The van der Waals surface area contributed by atoms with Gasteiger partial charge in [0.2, 0.25) is 0 Å². The summed E-state index contributed by atoms with van der Waals surface area (Å²) >= 11 is 1.20. The first kappa shape index (κ1) is 27.1. The summed E-state index contributed by atoms with van der Waals surface area (Å²) in [4.78, 5) is 26.1. The number of amides is 1. The number of rotatable bonds is 10. The highest BCUT2D eigenvalue weighted by Gasteiger charge is 2.25. The van der Waals surface area contributed by atoms with E-state index in [1.54, 1.807) is 19.2 Å². The average Bonchev–Trinajstić information content (AvgIpc) is 3.26. The molecule has 0 radical (unpaired) electrons. The summed E-state index contributed by atoms with van der Waals surface area (Å²) in [6, 6.07) is 11.8. The van der Waals surface area contributed by atoms with Crippen molar-refractivity contribution in [3.8, 4) is 22.6 Å². The lowest BCUT2D eigenvalue weighted by Crippen LogP contribution is -2.17. The number of anilines is 1. The van der Waals surface area contributed by atoms with E-state index < -0.39 is 18.5 Å². The summed E-state index contributed by atoms with van der Waals surface area (Å²) in [5, 5.41) is 4.87. The van der Waals surface area contributed by atoms with E-state index in [2.05, 4.69) is 23.9 Å². The molecule has 3 aromatic rings. The Morgan fingerprint density at radius 3 is 2.31 bits per heavy atom. The van der Waals surface area contributed by atoms with E-state index in [1.165, 1.54) is 42.2 Å². The number of alkyl halides is 2. The van der Waals surface area contributed by atoms with E-state index in [4.69, 9.17) is 9.47 Å². The minimum absolute atomic E-state index is 0.0179. The first-order chi connectivity index (χ1) is 17.1. The number of methoxy groups -OCH3 is 1. The van der Waals surface area contributed by atoms with Gasteiger partial charge in [-0.05, 0) is 55.5 Å². The lowest BCUT2D eigenvalue weighted by Gasteiger charge is -2.13. The molecule has 0 saturated heterocycles. The first-order valence-corrected chi connectivity index (χ1v) is 12.4. The molecule has 2 aromatic carbocycles. The van der Waals surface area contributed by atoms with Gasteiger partial charge < -0.3 is 19.5 Å². The number of hydrogen-bond donors (Lipinski definition) is 1. The predicted molar refractivity (Wildman–Crippen MR) is 137 cm³/mol. The van der Waals surface area contributed by atoms with Crippen molar-refractivity contribution in [3.63, 3.8) is 0 Å². The van der Waals surface area contributed by atoms with Crippen molar-refractivity contribution in [2.45, 2.75) is 52.7 Å². The Morgan fingerprint density at radius 1 is 1.03 bits per heavy atom. The zero-order valence-corrected chi connectivity index (χ0v) is 21.6. The average molecular weight is 518 g/mol. The number of nitrogens with one attached hydrogen (secondary N) is 1. The largest absolute Gasteiger partial charge is 0.493 e. The number of benzene rings is 2. The third-order valence-electron chi connectivity index (χ3n) is 5.61. The molecule has 6 nitrogen and oxygen atoms in total. The number of halogens is 2. The minimum Gasteiger partial charge on any atom is -0.493 e. The lowest BCUT2D eigenvalue weighted by molar-refractivity contribution is -0.0512. The summed E-state index contributed by atoms with van der Waals surface area (Å²) in [6.45, 7) is 4.75. The van der Waals surface area contributed by atoms with Crippen molar-refractivity contribution in [2.75, 3.05) is 12.4 Å². The highest BCUT2D eigenvalue weighted by molar-refractivity contribution is 7.15. The summed E-state index contributed by atoms with van der Waals surface area (Å²) in [5.74, 6) is -0.895. The third-order valence-corrected chi connectivity index (χ3v) is 6.51. The molecule has 9 heteroatoms. The molecule has 1 unspecified atom stereocenters. The third kappa shape index (κ3) is 6.40. The number of carbonyl (C=O) groups is 2. The molecule has 1 amide bonds. The van der Waals surface area contributed by atoms with Crippen molar-refractivity contribution in [1.82, 2.24) is 0 Å². The van der Waals surface area contributed by atoms with Crippen molar-refractivity contribution >= 4 is 28.2 Å². The maximum Gasteiger partial charge on any atom is 0.387 e. The van der Waals surface area contributed by atoms with Crippen LogP contribution >= 0.6 is 11.3 Å². The van der Waals surface area contributed by atoms with Crippen LogP contribution in [0.15, 0.2) is 47.8 Å². The second kappa shape index (κ2) is 12.0. The molecule has 0 aliphatic carbocycles. The van der Waals surface area contributed by atoms with E-state index in [1.807, 2.05) is 24.3 Å². The Labute approximate surface area is 213 Å². The van der Waals surface area contributed by atoms with E-state index in [9.17, 15) is 18.4 Å². The number of thiophene rings is 1. The van der Waals surface area contributed by atoms with Crippen LogP contribution in [0.1, 0.15) is 66.3 Å². The molecule has 0 spiro atoms. The van der Waals surface area contributed by atoms with E-state index in [0.29, 0.717) is 16.5 Å². The van der Waals surface area contributed by atoms with Gasteiger partial charge in [0.05, 0.1) is 13.2 Å². The van der Waals surface area contributed by atoms with Crippen LogP contribution in [0.2, 0.25) is 0 Å². The summed E-state index contributed by atoms with van der Waals surface area (Å²) in [7, 11) is 1.29. The van der Waals surface area contributed by atoms with Crippen LogP contribution in [-0.2, 0) is 4.74 Å². The van der Waals surface area contributed by atoms with Gasteiger partial charge in [0.1, 0.15) is 10.6 Å².